The zero-order chi connectivity index (χ0) is 16.7. The lowest BCUT2D eigenvalue weighted by Crippen LogP contribution is -2.40. The van der Waals surface area contributed by atoms with Crippen molar-refractivity contribution in [3.8, 4) is 0 Å². The van der Waals surface area contributed by atoms with Crippen LogP contribution in [0.1, 0.15) is 13.3 Å². The van der Waals surface area contributed by atoms with Gasteiger partial charge in [0, 0.05) is 32.8 Å². The number of carbonyl (C=O) groups is 2. The standard InChI is InChI=1S/C16H22FN3O3/c1-2-23-11-5-8-18-15(21)12-19-9-10-20(16(19)22)14-7-4-3-6-13(14)17/h3-4,6-7H,2,5,8-12H2,1H3,(H,18,21). The van der Waals surface area contributed by atoms with Gasteiger partial charge in [0.05, 0.1) is 5.69 Å². The third kappa shape index (κ3) is 4.66. The maximum atomic E-state index is 13.8. The fourth-order valence-corrected chi connectivity index (χ4v) is 2.40. The molecule has 1 saturated heterocycles. The summed E-state index contributed by atoms with van der Waals surface area (Å²) >= 11 is 0. The Labute approximate surface area is 135 Å². The number of halogens is 1. The molecule has 1 N–H and O–H groups in total. The molecule has 126 valence electrons. The van der Waals surface area contributed by atoms with Crippen molar-refractivity contribution in [2.75, 3.05) is 44.3 Å². The second-order valence-electron chi connectivity index (χ2n) is 5.21. The molecule has 23 heavy (non-hydrogen) atoms. The molecule has 0 spiro atoms. The minimum absolute atomic E-state index is 0.0155. The third-order valence-electron chi connectivity index (χ3n) is 3.56. The average molecular weight is 323 g/mol. The minimum atomic E-state index is -0.442. The van der Waals surface area contributed by atoms with Gasteiger partial charge in [-0.1, -0.05) is 12.1 Å². The first kappa shape index (κ1) is 17.2. The van der Waals surface area contributed by atoms with E-state index in [-0.39, 0.29) is 24.2 Å². The molecule has 0 aromatic heterocycles. The van der Waals surface area contributed by atoms with Crippen molar-refractivity contribution in [2.45, 2.75) is 13.3 Å². The Morgan fingerprint density at radius 2 is 2.13 bits per heavy atom. The quantitative estimate of drug-likeness (QED) is 0.739. The van der Waals surface area contributed by atoms with Crippen molar-refractivity contribution in [1.29, 1.82) is 0 Å². The smallest absolute Gasteiger partial charge is 0.325 e. The van der Waals surface area contributed by atoms with Gasteiger partial charge in [0.1, 0.15) is 12.4 Å². The Bertz CT molecular complexity index is 553. The van der Waals surface area contributed by atoms with Gasteiger partial charge in [-0.25, -0.2) is 9.18 Å². The predicted molar refractivity (Wildman–Crippen MR) is 84.8 cm³/mol. The van der Waals surface area contributed by atoms with E-state index in [4.69, 9.17) is 4.74 Å². The van der Waals surface area contributed by atoms with Crippen molar-refractivity contribution in [2.24, 2.45) is 0 Å². The summed E-state index contributed by atoms with van der Waals surface area (Å²) in [7, 11) is 0. The molecule has 0 atom stereocenters. The van der Waals surface area contributed by atoms with E-state index in [1.807, 2.05) is 6.92 Å². The first-order valence-electron chi connectivity index (χ1n) is 7.79. The van der Waals surface area contributed by atoms with Crippen molar-refractivity contribution in [3.63, 3.8) is 0 Å². The number of hydrogen-bond acceptors (Lipinski definition) is 3. The van der Waals surface area contributed by atoms with Gasteiger partial charge >= 0.3 is 6.03 Å². The summed E-state index contributed by atoms with van der Waals surface area (Å²) in [5, 5.41) is 2.75. The molecule has 1 fully saturated rings. The summed E-state index contributed by atoms with van der Waals surface area (Å²) < 4.78 is 19.0. The normalized spacial score (nSPS) is 14.4. The average Bonchev–Trinajstić information content (AvgIpc) is 2.89. The highest BCUT2D eigenvalue weighted by Gasteiger charge is 2.31. The number of amides is 3. The monoisotopic (exact) mass is 323 g/mol. The second-order valence-corrected chi connectivity index (χ2v) is 5.21. The van der Waals surface area contributed by atoms with Crippen LogP contribution in [-0.2, 0) is 9.53 Å². The van der Waals surface area contributed by atoms with Crippen molar-refractivity contribution in [3.05, 3.63) is 30.1 Å². The number of rotatable bonds is 8. The van der Waals surface area contributed by atoms with E-state index < -0.39 is 5.82 Å². The second kappa shape index (κ2) is 8.47. The Hall–Kier alpha value is -2.15. The van der Waals surface area contributed by atoms with Crippen LogP contribution in [0.3, 0.4) is 0 Å². The summed E-state index contributed by atoms with van der Waals surface area (Å²) in [6.45, 7) is 4.44. The van der Waals surface area contributed by atoms with E-state index in [9.17, 15) is 14.0 Å². The maximum absolute atomic E-state index is 13.8. The van der Waals surface area contributed by atoms with Gasteiger partial charge in [-0.05, 0) is 25.5 Å². The molecule has 7 heteroatoms. The Balaban J connectivity index is 1.80. The minimum Gasteiger partial charge on any atom is -0.382 e. The number of anilines is 1. The number of hydrogen-bond donors (Lipinski definition) is 1. The molecular formula is C16H22FN3O3. The summed E-state index contributed by atoms with van der Waals surface area (Å²) in [6, 6.07) is 5.78. The fourth-order valence-electron chi connectivity index (χ4n) is 2.40. The van der Waals surface area contributed by atoms with Crippen LogP contribution in [0, 0.1) is 5.82 Å². The van der Waals surface area contributed by atoms with Gasteiger partial charge in [0.25, 0.3) is 0 Å². The molecule has 6 nitrogen and oxygen atoms in total. The van der Waals surface area contributed by atoms with E-state index in [1.54, 1.807) is 18.2 Å². The first-order chi connectivity index (χ1) is 11.1. The van der Waals surface area contributed by atoms with Gasteiger partial charge in [0.15, 0.2) is 0 Å². The number of ether oxygens (including phenoxy) is 1. The lowest BCUT2D eigenvalue weighted by molar-refractivity contribution is -0.121. The number of nitrogens with one attached hydrogen (secondary N) is 1. The summed E-state index contributed by atoms with van der Waals surface area (Å²) in [4.78, 5) is 26.9. The molecule has 1 aliphatic heterocycles. The van der Waals surface area contributed by atoms with Crippen LogP contribution in [0.15, 0.2) is 24.3 Å². The first-order valence-corrected chi connectivity index (χ1v) is 7.79. The lowest BCUT2D eigenvalue weighted by atomic mass is 10.3. The molecule has 0 unspecified atom stereocenters. The zero-order valence-electron chi connectivity index (χ0n) is 13.3. The maximum Gasteiger partial charge on any atom is 0.325 e. The van der Waals surface area contributed by atoms with Crippen LogP contribution >= 0.6 is 0 Å². The van der Waals surface area contributed by atoms with Crippen molar-refractivity contribution >= 4 is 17.6 Å². The fraction of sp³-hybridized carbons (Fsp3) is 0.500. The van der Waals surface area contributed by atoms with Crippen LogP contribution in [0.4, 0.5) is 14.9 Å². The number of nitrogens with zero attached hydrogens (tertiary/aromatic N) is 2. The van der Waals surface area contributed by atoms with E-state index in [0.717, 1.165) is 6.42 Å². The van der Waals surface area contributed by atoms with E-state index in [2.05, 4.69) is 5.32 Å². The van der Waals surface area contributed by atoms with E-state index in [1.165, 1.54) is 15.9 Å². The lowest BCUT2D eigenvalue weighted by Gasteiger charge is -2.18. The summed E-state index contributed by atoms with van der Waals surface area (Å²) in [6.07, 6.45) is 0.731. The number of urea groups is 1. The Morgan fingerprint density at radius 1 is 1.35 bits per heavy atom. The van der Waals surface area contributed by atoms with Crippen LogP contribution in [-0.4, -0.2) is 56.2 Å². The molecule has 1 aromatic carbocycles. The van der Waals surface area contributed by atoms with Gasteiger partial charge in [-0.2, -0.15) is 0 Å². The van der Waals surface area contributed by atoms with Crippen molar-refractivity contribution in [1.82, 2.24) is 10.2 Å². The molecule has 3 amide bonds. The highest BCUT2D eigenvalue weighted by Crippen LogP contribution is 2.23. The highest BCUT2D eigenvalue weighted by atomic mass is 19.1. The SMILES string of the molecule is CCOCCCNC(=O)CN1CCN(c2ccccc2F)C1=O. The van der Waals surface area contributed by atoms with Crippen LogP contribution < -0.4 is 10.2 Å². The van der Waals surface area contributed by atoms with Gasteiger partial charge in [-0.3, -0.25) is 9.69 Å². The molecule has 2 rings (SSSR count). The van der Waals surface area contributed by atoms with Crippen LogP contribution in [0.2, 0.25) is 0 Å². The van der Waals surface area contributed by atoms with Gasteiger partial charge in [-0.15, -0.1) is 0 Å². The van der Waals surface area contributed by atoms with E-state index in [0.29, 0.717) is 32.8 Å². The molecule has 0 saturated carbocycles. The number of para-hydroxylation sites is 1. The van der Waals surface area contributed by atoms with Crippen LogP contribution in [0.25, 0.3) is 0 Å². The van der Waals surface area contributed by atoms with Crippen molar-refractivity contribution < 1.29 is 18.7 Å². The third-order valence-corrected chi connectivity index (χ3v) is 3.56. The molecule has 1 aliphatic rings. The van der Waals surface area contributed by atoms with Gasteiger partial charge in [0.2, 0.25) is 5.91 Å². The molecular weight excluding hydrogens is 301 g/mol. The molecule has 1 aromatic rings. The van der Waals surface area contributed by atoms with Gasteiger partial charge < -0.3 is 15.0 Å². The summed E-state index contributed by atoms with van der Waals surface area (Å²) in [5.74, 6) is -0.659. The zero-order valence-corrected chi connectivity index (χ0v) is 13.3. The molecule has 0 radical (unpaired) electrons. The van der Waals surface area contributed by atoms with E-state index >= 15 is 0 Å². The highest BCUT2D eigenvalue weighted by molar-refractivity contribution is 5.96. The molecule has 0 bridgehead atoms. The topological polar surface area (TPSA) is 61.9 Å². The Morgan fingerprint density at radius 3 is 2.87 bits per heavy atom. The number of benzene rings is 1. The largest absolute Gasteiger partial charge is 0.382 e. The predicted octanol–water partition coefficient (Wildman–Crippen LogP) is 1.61. The Kier molecular flexibility index (Phi) is 6.34. The molecule has 1 heterocycles. The van der Waals surface area contributed by atoms with Crippen LogP contribution in [0.5, 0.6) is 0 Å². The number of carbonyl (C=O) groups excluding carboxylic acids is 2. The molecule has 0 aliphatic carbocycles. The summed E-state index contributed by atoms with van der Waals surface area (Å²) in [5.41, 5.74) is 0.247.